The molecule has 0 aliphatic carbocycles. The maximum absolute atomic E-state index is 4.98. The van der Waals surface area contributed by atoms with E-state index in [1.807, 2.05) is 6.92 Å². The molecule has 14 heavy (non-hydrogen) atoms. The predicted molar refractivity (Wildman–Crippen MR) is 59.9 cm³/mol. The Labute approximate surface area is 89.5 Å². The van der Waals surface area contributed by atoms with E-state index in [4.69, 9.17) is 4.74 Å². The molecule has 0 aliphatic heterocycles. The Bertz CT molecular complexity index is 286. The van der Waals surface area contributed by atoms with E-state index in [9.17, 15) is 0 Å². The molecule has 0 aliphatic rings. The van der Waals surface area contributed by atoms with Gasteiger partial charge in [0.2, 0.25) is 0 Å². The van der Waals surface area contributed by atoms with Gasteiger partial charge in [-0.25, -0.2) is 4.98 Å². The zero-order valence-electron chi connectivity index (χ0n) is 9.26. The molecular weight excluding hydrogens is 196 g/mol. The Morgan fingerprint density at radius 2 is 2.21 bits per heavy atom. The average molecular weight is 214 g/mol. The van der Waals surface area contributed by atoms with E-state index in [0.29, 0.717) is 6.04 Å². The van der Waals surface area contributed by atoms with Gasteiger partial charge in [0.05, 0.1) is 17.3 Å². The molecule has 1 atom stereocenters. The Balaban J connectivity index is 2.51. The second kappa shape index (κ2) is 5.44. The molecule has 1 rings (SSSR count). The lowest BCUT2D eigenvalue weighted by atomic mass is 10.2. The van der Waals surface area contributed by atoms with E-state index >= 15 is 0 Å². The van der Waals surface area contributed by atoms with Crippen LogP contribution in [0.4, 0.5) is 0 Å². The molecule has 0 saturated carbocycles. The van der Waals surface area contributed by atoms with Gasteiger partial charge in [-0.2, -0.15) is 0 Å². The summed E-state index contributed by atoms with van der Waals surface area (Å²) in [7, 11) is 1.71. The van der Waals surface area contributed by atoms with E-state index in [0.717, 1.165) is 18.2 Å². The first-order valence-corrected chi connectivity index (χ1v) is 5.63. The summed E-state index contributed by atoms with van der Waals surface area (Å²) in [5, 5.41) is 4.51. The second-order valence-electron chi connectivity index (χ2n) is 3.34. The van der Waals surface area contributed by atoms with Crippen LogP contribution in [0.25, 0.3) is 0 Å². The number of aromatic nitrogens is 1. The van der Waals surface area contributed by atoms with E-state index in [1.165, 1.54) is 10.6 Å². The summed E-state index contributed by atoms with van der Waals surface area (Å²) >= 11 is 1.75. The van der Waals surface area contributed by atoms with Crippen LogP contribution in [0, 0.1) is 13.8 Å². The Hall–Kier alpha value is -0.450. The summed E-state index contributed by atoms with van der Waals surface area (Å²) in [5.74, 6) is 0. The van der Waals surface area contributed by atoms with Crippen molar-refractivity contribution in [3.63, 3.8) is 0 Å². The van der Waals surface area contributed by atoms with Gasteiger partial charge in [0.1, 0.15) is 0 Å². The zero-order chi connectivity index (χ0) is 10.6. The largest absolute Gasteiger partial charge is 0.383 e. The lowest BCUT2D eigenvalue weighted by molar-refractivity contribution is 0.196. The fraction of sp³-hybridized carbons (Fsp3) is 0.700. The van der Waals surface area contributed by atoms with Crippen LogP contribution in [0.2, 0.25) is 0 Å². The van der Waals surface area contributed by atoms with Crippen molar-refractivity contribution in [2.45, 2.75) is 26.8 Å². The number of aryl methyl sites for hydroxylation is 2. The first-order valence-electron chi connectivity index (χ1n) is 4.81. The number of rotatable bonds is 5. The van der Waals surface area contributed by atoms with E-state index in [-0.39, 0.29) is 0 Å². The minimum absolute atomic E-state index is 0.315. The molecule has 1 unspecified atom stereocenters. The standard InChI is InChI=1S/C10H18N2OS/c1-7(11-5-6-13-4)10-8(2)14-9(3)12-10/h7,11H,5-6H2,1-4H3. The third-order valence-electron chi connectivity index (χ3n) is 2.11. The molecule has 1 aromatic heterocycles. The monoisotopic (exact) mass is 214 g/mol. The summed E-state index contributed by atoms with van der Waals surface area (Å²) in [6.45, 7) is 7.91. The number of ether oxygens (including phenoxy) is 1. The highest BCUT2D eigenvalue weighted by Crippen LogP contribution is 2.21. The average Bonchev–Trinajstić information content (AvgIpc) is 2.45. The smallest absolute Gasteiger partial charge is 0.0900 e. The van der Waals surface area contributed by atoms with Gasteiger partial charge >= 0.3 is 0 Å². The minimum atomic E-state index is 0.315. The maximum Gasteiger partial charge on any atom is 0.0900 e. The van der Waals surface area contributed by atoms with E-state index < -0.39 is 0 Å². The fourth-order valence-electron chi connectivity index (χ4n) is 1.42. The van der Waals surface area contributed by atoms with Gasteiger partial charge in [0, 0.05) is 24.6 Å². The van der Waals surface area contributed by atoms with Crippen LogP contribution >= 0.6 is 11.3 Å². The lowest BCUT2D eigenvalue weighted by Gasteiger charge is -2.11. The van der Waals surface area contributed by atoms with Crippen molar-refractivity contribution in [3.8, 4) is 0 Å². The SMILES string of the molecule is COCCNC(C)c1nc(C)sc1C. The van der Waals surface area contributed by atoms with Crippen molar-refractivity contribution in [1.29, 1.82) is 0 Å². The van der Waals surface area contributed by atoms with Gasteiger partial charge in [0.15, 0.2) is 0 Å². The second-order valence-corrected chi connectivity index (χ2v) is 4.75. The fourth-order valence-corrected chi connectivity index (χ4v) is 2.33. The summed E-state index contributed by atoms with van der Waals surface area (Å²) in [5.41, 5.74) is 1.17. The van der Waals surface area contributed by atoms with Gasteiger partial charge in [0.25, 0.3) is 0 Å². The number of nitrogens with one attached hydrogen (secondary N) is 1. The molecule has 0 fully saturated rings. The molecule has 4 heteroatoms. The van der Waals surface area contributed by atoms with Gasteiger partial charge in [-0.15, -0.1) is 11.3 Å². The third kappa shape index (κ3) is 3.04. The maximum atomic E-state index is 4.98. The number of nitrogens with zero attached hydrogens (tertiary/aromatic N) is 1. The molecule has 0 radical (unpaired) electrons. The highest BCUT2D eigenvalue weighted by molar-refractivity contribution is 7.11. The summed E-state index contributed by atoms with van der Waals surface area (Å²) in [4.78, 5) is 5.81. The summed E-state index contributed by atoms with van der Waals surface area (Å²) in [6, 6.07) is 0.315. The van der Waals surface area contributed by atoms with Crippen molar-refractivity contribution in [2.75, 3.05) is 20.3 Å². The van der Waals surface area contributed by atoms with Gasteiger partial charge in [-0.1, -0.05) is 0 Å². The summed E-state index contributed by atoms with van der Waals surface area (Å²) < 4.78 is 4.98. The van der Waals surface area contributed by atoms with Gasteiger partial charge in [-0.05, 0) is 20.8 Å². The van der Waals surface area contributed by atoms with Crippen LogP contribution in [-0.4, -0.2) is 25.2 Å². The van der Waals surface area contributed by atoms with Gasteiger partial charge < -0.3 is 10.1 Å². The van der Waals surface area contributed by atoms with Crippen molar-refractivity contribution in [3.05, 3.63) is 15.6 Å². The molecule has 0 spiro atoms. The highest BCUT2D eigenvalue weighted by Gasteiger charge is 2.11. The third-order valence-corrected chi connectivity index (χ3v) is 3.01. The Morgan fingerprint density at radius 1 is 1.50 bits per heavy atom. The molecule has 1 N–H and O–H groups in total. The lowest BCUT2D eigenvalue weighted by Crippen LogP contribution is -2.23. The Kier molecular flexibility index (Phi) is 4.51. The zero-order valence-corrected chi connectivity index (χ0v) is 10.1. The van der Waals surface area contributed by atoms with Gasteiger partial charge in [-0.3, -0.25) is 0 Å². The van der Waals surface area contributed by atoms with E-state index in [1.54, 1.807) is 18.4 Å². The van der Waals surface area contributed by atoms with E-state index in [2.05, 4.69) is 24.1 Å². The van der Waals surface area contributed by atoms with Crippen molar-refractivity contribution >= 4 is 11.3 Å². The predicted octanol–water partition coefficient (Wildman–Crippen LogP) is 2.06. The number of methoxy groups -OCH3 is 1. The normalized spacial score (nSPS) is 13.1. The molecule has 80 valence electrons. The molecule has 1 aromatic rings. The first kappa shape index (κ1) is 11.6. The molecule has 0 aromatic carbocycles. The van der Waals surface area contributed by atoms with Crippen molar-refractivity contribution < 1.29 is 4.74 Å². The van der Waals surface area contributed by atoms with Crippen LogP contribution in [0.3, 0.4) is 0 Å². The topological polar surface area (TPSA) is 34.1 Å². The molecule has 3 nitrogen and oxygen atoms in total. The van der Waals surface area contributed by atoms with Crippen LogP contribution in [0.1, 0.15) is 28.5 Å². The first-order chi connectivity index (χ1) is 6.65. The number of hydrogen-bond acceptors (Lipinski definition) is 4. The van der Waals surface area contributed by atoms with Crippen molar-refractivity contribution in [2.24, 2.45) is 0 Å². The van der Waals surface area contributed by atoms with Crippen molar-refractivity contribution in [1.82, 2.24) is 10.3 Å². The number of thiazole rings is 1. The van der Waals surface area contributed by atoms with Crippen LogP contribution in [0.15, 0.2) is 0 Å². The Morgan fingerprint density at radius 3 is 2.71 bits per heavy atom. The van der Waals surface area contributed by atoms with Crippen LogP contribution < -0.4 is 5.32 Å². The van der Waals surface area contributed by atoms with Crippen LogP contribution in [0.5, 0.6) is 0 Å². The quantitative estimate of drug-likeness (QED) is 0.762. The molecule has 1 heterocycles. The highest BCUT2D eigenvalue weighted by atomic mass is 32.1. The molecular formula is C10H18N2OS. The molecule has 0 amide bonds. The molecule has 0 saturated heterocycles. The minimum Gasteiger partial charge on any atom is -0.383 e. The van der Waals surface area contributed by atoms with Crippen LogP contribution in [-0.2, 0) is 4.74 Å². The number of hydrogen-bond donors (Lipinski definition) is 1. The molecule has 0 bridgehead atoms. The summed E-state index contributed by atoms with van der Waals surface area (Å²) in [6.07, 6.45) is 0.